The van der Waals surface area contributed by atoms with Gasteiger partial charge in [0, 0.05) is 31.9 Å². The number of nitrogens with zero attached hydrogens (tertiary/aromatic N) is 2. The molecule has 0 bridgehead atoms. The van der Waals surface area contributed by atoms with Gasteiger partial charge in [-0.25, -0.2) is 18.1 Å². The van der Waals surface area contributed by atoms with Gasteiger partial charge in [0.15, 0.2) is 5.03 Å². The number of hydrogen-bond donors (Lipinski definition) is 2. The molecule has 0 unspecified atom stereocenters. The molecule has 1 saturated heterocycles. The summed E-state index contributed by atoms with van der Waals surface area (Å²) < 4.78 is 28.2. The summed E-state index contributed by atoms with van der Waals surface area (Å²) in [6.07, 6.45) is 1.57. The minimum atomic E-state index is -3.45. The van der Waals surface area contributed by atoms with Crippen LogP contribution in [0, 0.1) is 6.92 Å². The summed E-state index contributed by atoms with van der Waals surface area (Å²) in [4.78, 5) is 4.06. The number of hydrogen-bond acceptors (Lipinski definition) is 4. The maximum atomic E-state index is 11.9. The van der Waals surface area contributed by atoms with E-state index >= 15 is 0 Å². The van der Waals surface area contributed by atoms with Crippen molar-refractivity contribution in [3.8, 4) is 0 Å². The quantitative estimate of drug-likeness (QED) is 0.746. The van der Waals surface area contributed by atoms with E-state index in [4.69, 9.17) is 0 Å². The molecule has 7 heteroatoms. The van der Waals surface area contributed by atoms with E-state index in [1.165, 1.54) is 0 Å². The Labute approximate surface area is 95.1 Å². The van der Waals surface area contributed by atoms with Gasteiger partial charge in [0.05, 0.1) is 0 Å². The van der Waals surface area contributed by atoms with Crippen molar-refractivity contribution in [3.63, 3.8) is 0 Å². The minimum absolute atomic E-state index is 0.00270. The Morgan fingerprint density at radius 2 is 2.31 bits per heavy atom. The summed E-state index contributed by atoms with van der Waals surface area (Å²) in [6.45, 7) is 5.85. The zero-order valence-corrected chi connectivity index (χ0v) is 10.2. The maximum Gasteiger partial charge on any atom is 0.259 e. The van der Waals surface area contributed by atoms with Crippen molar-refractivity contribution in [2.75, 3.05) is 13.1 Å². The second kappa shape index (κ2) is 4.15. The molecule has 0 atom stereocenters. The van der Waals surface area contributed by atoms with Crippen molar-refractivity contribution < 1.29 is 8.42 Å². The Kier molecular flexibility index (Phi) is 3.00. The predicted octanol–water partition coefficient (Wildman–Crippen LogP) is -0.538. The standard InChI is InChI=1S/C9H16N4O2S/c1-3-13-6-9(11-7(13)2)16(14,15)12-8-4-10-5-8/h6,8,10,12H,3-5H2,1-2H3. The molecule has 1 fully saturated rings. The average molecular weight is 244 g/mol. The molecule has 1 aromatic rings. The Hall–Kier alpha value is -0.920. The van der Waals surface area contributed by atoms with E-state index in [2.05, 4.69) is 15.0 Å². The summed E-state index contributed by atoms with van der Waals surface area (Å²) in [6, 6.07) is -0.00270. The van der Waals surface area contributed by atoms with Crippen LogP contribution < -0.4 is 10.0 Å². The Bertz CT molecular complexity index is 476. The zero-order valence-electron chi connectivity index (χ0n) is 9.40. The van der Waals surface area contributed by atoms with Crippen molar-refractivity contribution >= 4 is 10.0 Å². The highest BCUT2D eigenvalue weighted by Gasteiger charge is 2.26. The third kappa shape index (κ3) is 2.11. The lowest BCUT2D eigenvalue weighted by atomic mass is 10.2. The summed E-state index contributed by atoms with van der Waals surface area (Å²) in [5.74, 6) is 0.717. The number of aromatic nitrogens is 2. The fourth-order valence-electron chi connectivity index (χ4n) is 1.58. The monoisotopic (exact) mass is 244 g/mol. The molecule has 0 spiro atoms. The number of nitrogens with one attached hydrogen (secondary N) is 2. The fourth-order valence-corrected chi connectivity index (χ4v) is 2.83. The number of sulfonamides is 1. The van der Waals surface area contributed by atoms with E-state index < -0.39 is 10.0 Å². The summed E-state index contributed by atoms with van der Waals surface area (Å²) in [5.41, 5.74) is 0. The lowest BCUT2D eigenvalue weighted by Gasteiger charge is -2.27. The van der Waals surface area contributed by atoms with Crippen molar-refractivity contribution in [1.29, 1.82) is 0 Å². The van der Waals surface area contributed by atoms with Crippen LogP contribution in [0.1, 0.15) is 12.7 Å². The first-order valence-corrected chi connectivity index (χ1v) is 6.78. The summed E-state index contributed by atoms with van der Waals surface area (Å²) >= 11 is 0. The van der Waals surface area contributed by atoms with Crippen molar-refractivity contribution in [2.45, 2.75) is 31.5 Å². The first kappa shape index (κ1) is 11.6. The summed E-state index contributed by atoms with van der Waals surface area (Å²) in [5, 5.41) is 3.12. The molecule has 0 aromatic carbocycles. The predicted molar refractivity (Wildman–Crippen MR) is 59.6 cm³/mol. The van der Waals surface area contributed by atoms with Gasteiger partial charge in [-0.2, -0.15) is 0 Å². The molecule has 2 rings (SSSR count). The average Bonchev–Trinajstić information content (AvgIpc) is 2.54. The lowest BCUT2D eigenvalue weighted by Crippen LogP contribution is -2.56. The van der Waals surface area contributed by atoms with E-state index in [1.807, 2.05) is 11.5 Å². The fraction of sp³-hybridized carbons (Fsp3) is 0.667. The van der Waals surface area contributed by atoms with Crippen molar-refractivity contribution in [1.82, 2.24) is 19.6 Å². The molecule has 1 aliphatic rings. The van der Waals surface area contributed by atoms with Gasteiger partial charge in [0.2, 0.25) is 0 Å². The highest BCUT2D eigenvalue weighted by molar-refractivity contribution is 7.89. The van der Waals surface area contributed by atoms with Gasteiger partial charge in [0.25, 0.3) is 10.0 Å². The van der Waals surface area contributed by atoms with Gasteiger partial charge in [-0.15, -0.1) is 0 Å². The third-order valence-corrected chi connectivity index (χ3v) is 4.06. The SMILES string of the molecule is CCn1cc(S(=O)(=O)NC2CNC2)nc1C. The lowest BCUT2D eigenvalue weighted by molar-refractivity contribution is 0.410. The van der Waals surface area contributed by atoms with Crippen LogP contribution in [0.15, 0.2) is 11.2 Å². The topological polar surface area (TPSA) is 76.0 Å². The largest absolute Gasteiger partial charge is 0.334 e. The van der Waals surface area contributed by atoms with Crippen LogP contribution in [-0.2, 0) is 16.6 Å². The first-order chi connectivity index (χ1) is 7.53. The first-order valence-electron chi connectivity index (χ1n) is 5.29. The molecule has 0 saturated carbocycles. The molecule has 6 nitrogen and oxygen atoms in total. The van der Waals surface area contributed by atoms with Crippen LogP contribution in [0.4, 0.5) is 0 Å². The Morgan fingerprint density at radius 3 is 2.75 bits per heavy atom. The molecule has 1 aliphatic heterocycles. The van der Waals surface area contributed by atoms with Crippen LogP contribution in [-0.4, -0.2) is 37.1 Å². The van der Waals surface area contributed by atoms with Crippen LogP contribution in [0.25, 0.3) is 0 Å². The van der Waals surface area contributed by atoms with Gasteiger partial charge < -0.3 is 9.88 Å². The van der Waals surface area contributed by atoms with E-state index in [0.29, 0.717) is 13.1 Å². The molecule has 2 N–H and O–H groups in total. The molecule has 0 amide bonds. The zero-order chi connectivity index (χ0) is 11.8. The summed E-state index contributed by atoms with van der Waals surface area (Å²) in [7, 11) is -3.45. The molecule has 90 valence electrons. The highest BCUT2D eigenvalue weighted by atomic mass is 32.2. The van der Waals surface area contributed by atoms with Gasteiger partial charge >= 0.3 is 0 Å². The third-order valence-electron chi connectivity index (χ3n) is 2.67. The van der Waals surface area contributed by atoms with Gasteiger partial charge in [0.1, 0.15) is 5.82 Å². The number of aryl methyl sites for hydroxylation is 2. The molecule has 2 heterocycles. The van der Waals surface area contributed by atoms with Crippen molar-refractivity contribution in [3.05, 3.63) is 12.0 Å². The van der Waals surface area contributed by atoms with Crippen LogP contribution in [0.3, 0.4) is 0 Å². The Morgan fingerprint density at radius 1 is 1.62 bits per heavy atom. The van der Waals surface area contributed by atoms with Crippen LogP contribution >= 0.6 is 0 Å². The van der Waals surface area contributed by atoms with Gasteiger partial charge in [-0.05, 0) is 13.8 Å². The van der Waals surface area contributed by atoms with Crippen LogP contribution in [0.2, 0.25) is 0 Å². The molecular weight excluding hydrogens is 228 g/mol. The molecule has 16 heavy (non-hydrogen) atoms. The van der Waals surface area contributed by atoms with Gasteiger partial charge in [-0.3, -0.25) is 0 Å². The second-order valence-corrected chi connectivity index (χ2v) is 5.55. The normalized spacial score (nSPS) is 17.4. The molecular formula is C9H16N4O2S. The number of imidazole rings is 1. The highest BCUT2D eigenvalue weighted by Crippen LogP contribution is 2.10. The van der Waals surface area contributed by atoms with E-state index in [9.17, 15) is 8.42 Å². The molecule has 0 aliphatic carbocycles. The second-order valence-electron chi connectivity index (χ2n) is 3.89. The minimum Gasteiger partial charge on any atom is -0.334 e. The van der Waals surface area contributed by atoms with E-state index in [0.717, 1.165) is 12.4 Å². The van der Waals surface area contributed by atoms with Crippen LogP contribution in [0.5, 0.6) is 0 Å². The number of rotatable bonds is 4. The Balaban J connectivity index is 2.20. The maximum absolute atomic E-state index is 11.9. The van der Waals surface area contributed by atoms with Crippen molar-refractivity contribution in [2.24, 2.45) is 0 Å². The smallest absolute Gasteiger partial charge is 0.259 e. The van der Waals surface area contributed by atoms with E-state index in [1.54, 1.807) is 13.1 Å². The molecule has 0 radical (unpaired) electrons. The van der Waals surface area contributed by atoms with Gasteiger partial charge in [-0.1, -0.05) is 0 Å². The van der Waals surface area contributed by atoms with E-state index in [-0.39, 0.29) is 11.1 Å². The molecule has 1 aromatic heterocycles.